The van der Waals surface area contributed by atoms with E-state index in [1.165, 1.54) is 22.5 Å². The third-order valence-corrected chi connectivity index (χ3v) is 6.71. The summed E-state index contributed by atoms with van der Waals surface area (Å²) in [5.74, 6) is -1.18. The minimum absolute atomic E-state index is 0.0552. The first-order chi connectivity index (χ1) is 14.8. The molecule has 1 fully saturated rings. The number of aryl methyl sites for hydroxylation is 1. The average molecular weight is 497 g/mol. The first kappa shape index (κ1) is 24.3. The Balaban J connectivity index is 1.92. The third kappa shape index (κ3) is 5.16. The molecule has 32 heavy (non-hydrogen) atoms. The Bertz CT molecular complexity index is 1220. The number of aromatic nitrogens is 4. The normalized spacial score (nSPS) is 25.5. The molecule has 2 aromatic heterocycles. The number of aliphatic hydroxyl groups is 1. The van der Waals surface area contributed by atoms with Crippen LogP contribution in [0.25, 0.3) is 21.6 Å². The second-order valence-electron chi connectivity index (χ2n) is 6.73. The van der Waals surface area contributed by atoms with Crippen molar-refractivity contribution in [3.05, 3.63) is 27.1 Å². The summed E-state index contributed by atoms with van der Waals surface area (Å²) in [5, 5.41) is 14.2. The lowest BCUT2D eigenvalue weighted by atomic mass is 9.98. The van der Waals surface area contributed by atoms with Gasteiger partial charge in [0.05, 0.1) is 19.8 Å². The maximum absolute atomic E-state index is 12.2. The van der Waals surface area contributed by atoms with Gasteiger partial charge in [-0.25, -0.2) is 13.7 Å². The maximum atomic E-state index is 12.2. The zero-order valence-corrected chi connectivity index (χ0v) is 18.0. The zero-order chi connectivity index (χ0) is 23.8. The molecule has 2 aromatic rings. The molecule has 0 saturated carbocycles. The van der Waals surface area contributed by atoms with E-state index < -0.39 is 52.2 Å². The van der Waals surface area contributed by atoms with Crippen LogP contribution in [0.15, 0.2) is 16.2 Å². The zero-order valence-electron chi connectivity index (χ0n) is 16.2. The van der Waals surface area contributed by atoms with Crippen molar-refractivity contribution in [2.45, 2.75) is 18.4 Å². The number of hydrogen-bond donors (Lipinski definition) is 6. The number of phosphoric ester groups is 1. The summed E-state index contributed by atoms with van der Waals surface area (Å²) in [6.07, 6.45) is -2.40. The van der Waals surface area contributed by atoms with Crippen molar-refractivity contribution in [2.75, 3.05) is 18.9 Å². The fourth-order valence-corrected chi connectivity index (χ4v) is 4.92. The summed E-state index contributed by atoms with van der Waals surface area (Å²) in [7, 11) is -9.00. The highest BCUT2D eigenvalue weighted by molar-refractivity contribution is 7.60. The Labute approximate surface area is 177 Å². The quantitative estimate of drug-likeness (QED) is 0.0803. The molecule has 176 valence electrons. The Morgan fingerprint density at radius 2 is 2.16 bits per heavy atom. The number of H-pyrrole nitrogens is 1. The summed E-state index contributed by atoms with van der Waals surface area (Å²) in [4.78, 5) is 48.0. The molecule has 20 heteroatoms. The van der Waals surface area contributed by atoms with Gasteiger partial charge >= 0.3 is 21.3 Å². The second kappa shape index (κ2) is 8.88. The minimum Gasteiger partial charge on any atom is -0.386 e. The highest BCUT2D eigenvalue weighted by Crippen LogP contribution is 2.57. The van der Waals surface area contributed by atoms with Crippen LogP contribution in [0.2, 0.25) is 0 Å². The first-order valence-corrected chi connectivity index (χ1v) is 11.7. The van der Waals surface area contributed by atoms with Crippen LogP contribution in [0.4, 0.5) is 5.95 Å². The van der Waals surface area contributed by atoms with Crippen LogP contribution in [-0.2, 0) is 29.7 Å². The fourth-order valence-electron chi connectivity index (χ4n) is 3.32. The van der Waals surface area contributed by atoms with Crippen molar-refractivity contribution < 1.29 is 47.1 Å². The number of hydrogen-bond acceptors (Lipinski definition) is 10. The summed E-state index contributed by atoms with van der Waals surface area (Å²) >= 11 is 0. The third-order valence-electron chi connectivity index (χ3n) is 4.55. The number of azide groups is 1. The van der Waals surface area contributed by atoms with Crippen LogP contribution in [0.3, 0.4) is 0 Å². The highest BCUT2D eigenvalue weighted by Gasteiger charge is 2.48. The summed E-state index contributed by atoms with van der Waals surface area (Å²) in [6, 6.07) is 0. The van der Waals surface area contributed by atoms with Crippen molar-refractivity contribution in [3.63, 3.8) is 0 Å². The number of imidazole rings is 1. The summed E-state index contributed by atoms with van der Waals surface area (Å²) < 4.78 is 39.2. The molecule has 0 radical (unpaired) electrons. The molecule has 3 rings (SSSR count). The summed E-state index contributed by atoms with van der Waals surface area (Å²) in [6.45, 7) is -1.09. The molecule has 1 aliphatic heterocycles. The molecular weight excluding hydrogens is 478 g/mol. The highest BCUT2D eigenvalue weighted by atomic mass is 31.3. The maximum Gasteiger partial charge on any atom is 0.481 e. The van der Waals surface area contributed by atoms with E-state index in [4.69, 9.17) is 25.8 Å². The van der Waals surface area contributed by atoms with E-state index in [1.54, 1.807) is 0 Å². The van der Waals surface area contributed by atoms with Crippen molar-refractivity contribution >= 4 is 32.8 Å². The Kier molecular flexibility index (Phi) is 6.74. The van der Waals surface area contributed by atoms with Crippen LogP contribution in [-0.4, -0.2) is 59.7 Å². The topological polar surface area (TPSA) is 272 Å². The molecule has 18 nitrogen and oxygen atoms in total. The number of fused-ring (bicyclic) bond motifs is 1. The van der Waals surface area contributed by atoms with Crippen molar-refractivity contribution in [1.82, 2.24) is 14.5 Å². The molecule has 5 atom stereocenters. The molecule has 3 heterocycles. The molecule has 0 aliphatic carbocycles. The van der Waals surface area contributed by atoms with Gasteiger partial charge in [-0.1, -0.05) is 10.1 Å². The molecule has 7 N–H and O–H groups in total. The van der Waals surface area contributed by atoms with E-state index in [-0.39, 0.29) is 23.7 Å². The molecule has 0 bridgehead atoms. The van der Waals surface area contributed by atoms with Gasteiger partial charge in [0.1, 0.15) is 6.10 Å². The van der Waals surface area contributed by atoms with Gasteiger partial charge in [-0.3, -0.25) is 18.9 Å². The standard InChI is InChI=1S/C12H18N8O10P2/c1-19-4-20(9-7(19)10(22)17-12(13)16-9)11-8(21)5(2-15-18-14)6(29-11)3-28-32(26,27)30-31(23,24)25/h4-6,8,11,21H,2-3H2,1H3,(H5-,13,16,17,22,23,24,25,26,27)/p+1/t5-,6-,8-,11-/m1/s1. The van der Waals surface area contributed by atoms with Crippen LogP contribution in [0.5, 0.6) is 0 Å². The smallest absolute Gasteiger partial charge is 0.386 e. The van der Waals surface area contributed by atoms with Crippen LogP contribution in [0, 0.1) is 5.92 Å². The van der Waals surface area contributed by atoms with Crippen LogP contribution < -0.4 is 15.9 Å². The average Bonchev–Trinajstić information content (AvgIpc) is 3.13. The Hall–Kier alpha value is -2.36. The molecular formula is C12H19N8O10P2+. The summed E-state index contributed by atoms with van der Waals surface area (Å²) in [5.41, 5.74) is 13.8. The van der Waals surface area contributed by atoms with Crippen LogP contribution in [0.1, 0.15) is 6.23 Å². The van der Waals surface area contributed by atoms with Gasteiger partial charge in [-0.15, -0.1) is 0 Å². The number of nitrogens with zero attached hydrogens (tertiary/aromatic N) is 6. The van der Waals surface area contributed by atoms with Gasteiger partial charge in [0.15, 0.2) is 6.33 Å². The van der Waals surface area contributed by atoms with Crippen LogP contribution >= 0.6 is 15.6 Å². The molecule has 0 aromatic carbocycles. The number of rotatable bonds is 8. The van der Waals surface area contributed by atoms with E-state index in [0.29, 0.717) is 0 Å². The van der Waals surface area contributed by atoms with Gasteiger partial charge in [-0.05, 0) is 5.53 Å². The van der Waals surface area contributed by atoms with E-state index in [2.05, 4.69) is 28.8 Å². The van der Waals surface area contributed by atoms with Gasteiger partial charge in [0, 0.05) is 17.4 Å². The van der Waals surface area contributed by atoms with Gasteiger partial charge in [-0.2, -0.15) is 4.31 Å². The van der Waals surface area contributed by atoms with Crippen molar-refractivity contribution in [3.8, 4) is 0 Å². The first-order valence-electron chi connectivity index (χ1n) is 8.67. The SMILES string of the molecule is Cn1c[n+]([C@@H]2O[C@H](COP(=O)(O)OP(=O)(O)O)[C@@H](CN=[N+]=[N-])[C@H]2O)c2nc(N)[nH]c(=O)c21. The van der Waals surface area contributed by atoms with Gasteiger partial charge in [0.25, 0.3) is 11.5 Å². The van der Waals surface area contributed by atoms with Crippen molar-refractivity contribution in [1.29, 1.82) is 0 Å². The molecule has 1 unspecified atom stereocenters. The number of anilines is 1. The van der Waals surface area contributed by atoms with E-state index in [1.807, 2.05) is 0 Å². The second-order valence-corrected chi connectivity index (χ2v) is 9.56. The molecule has 1 saturated heterocycles. The number of nitrogens with two attached hydrogens (primary N) is 1. The number of nitrogens with one attached hydrogen (secondary N) is 1. The predicted octanol–water partition coefficient (Wildman–Crippen LogP) is -1.46. The fraction of sp³-hybridized carbons (Fsp3) is 0.583. The Morgan fingerprint density at radius 3 is 2.78 bits per heavy atom. The predicted molar refractivity (Wildman–Crippen MR) is 102 cm³/mol. The Morgan fingerprint density at radius 1 is 1.47 bits per heavy atom. The van der Waals surface area contributed by atoms with Crippen molar-refractivity contribution in [2.24, 2.45) is 18.1 Å². The lowest BCUT2D eigenvalue weighted by Crippen LogP contribution is -2.45. The van der Waals surface area contributed by atoms with Gasteiger partial charge in [0.2, 0.25) is 11.7 Å². The largest absolute Gasteiger partial charge is 0.481 e. The van der Waals surface area contributed by atoms with E-state index >= 15 is 0 Å². The number of phosphoric acid groups is 2. The van der Waals surface area contributed by atoms with Gasteiger partial charge < -0.3 is 30.3 Å². The van der Waals surface area contributed by atoms with E-state index in [0.717, 1.165) is 0 Å². The molecule has 1 aliphatic rings. The minimum atomic E-state index is -5.34. The molecule has 0 amide bonds. The lowest BCUT2D eigenvalue weighted by molar-refractivity contribution is -0.745. The number of ether oxygens (including phenoxy) is 1. The number of nitrogen functional groups attached to an aromatic ring is 1. The lowest BCUT2D eigenvalue weighted by Gasteiger charge is -2.19. The van der Waals surface area contributed by atoms with E-state index in [9.17, 15) is 23.9 Å². The number of aromatic amines is 1. The number of aliphatic hydroxyl groups excluding tert-OH is 1. The molecule has 0 spiro atoms. The monoisotopic (exact) mass is 497 g/mol.